The number of sulfonamides is 1. The zero-order valence-corrected chi connectivity index (χ0v) is 19.1. The molecule has 3 aromatic carbocycles. The average molecular weight is 437 g/mol. The molecule has 1 amide bonds. The predicted octanol–water partition coefficient (Wildman–Crippen LogP) is 4.87. The summed E-state index contributed by atoms with van der Waals surface area (Å²) in [5.41, 5.74) is 4.24. The Morgan fingerprint density at radius 1 is 0.935 bits per heavy atom. The lowest BCUT2D eigenvalue weighted by Gasteiger charge is -2.20. The molecule has 0 unspecified atom stereocenters. The first-order valence-electron chi connectivity index (χ1n) is 10.3. The number of anilines is 1. The smallest absolute Gasteiger partial charge is 0.264 e. The van der Waals surface area contributed by atoms with Crippen molar-refractivity contribution >= 4 is 21.6 Å². The Labute approximate surface area is 184 Å². The molecule has 0 saturated heterocycles. The number of rotatable bonds is 7. The van der Waals surface area contributed by atoms with Gasteiger partial charge in [-0.25, -0.2) is 8.42 Å². The Morgan fingerprint density at radius 2 is 1.52 bits per heavy atom. The van der Waals surface area contributed by atoms with Gasteiger partial charge in [-0.3, -0.25) is 9.10 Å². The first kappa shape index (κ1) is 22.6. The van der Waals surface area contributed by atoms with Crippen molar-refractivity contribution in [2.75, 3.05) is 11.4 Å². The highest BCUT2D eigenvalue weighted by molar-refractivity contribution is 7.92. The highest BCUT2D eigenvalue weighted by Crippen LogP contribution is 2.23. The third-order valence-electron chi connectivity index (χ3n) is 5.41. The summed E-state index contributed by atoms with van der Waals surface area (Å²) in [7, 11) is -2.16. The molecule has 6 heteroatoms. The van der Waals surface area contributed by atoms with Gasteiger partial charge in [-0.15, -0.1) is 0 Å². The molecule has 3 rings (SSSR count). The summed E-state index contributed by atoms with van der Waals surface area (Å²) in [5.74, 6) is -0.206. The molecule has 1 atom stereocenters. The van der Waals surface area contributed by atoms with Crippen LogP contribution in [0.15, 0.2) is 77.7 Å². The van der Waals surface area contributed by atoms with Crippen LogP contribution in [0.1, 0.15) is 46.9 Å². The van der Waals surface area contributed by atoms with Gasteiger partial charge in [0.25, 0.3) is 15.9 Å². The van der Waals surface area contributed by atoms with Crippen molar-refractivity contribution < 1.29 is 13.2 Å². The Morgan fingerprint density at radius 3 is 2.06 bits per heavy atom. The van der Waals surface area contributed by atoms with E-state index in [0.29, 0.717) is 11.3 Å². The molecular formula is C25H28N2O3S. The van der Waals surface area contributed by atoms with E-state index >= 15 is 0 Å². The van der Waals surface area contributed by atoms with Crippen molar-refractivity contribution in [3.8, 4) is 0 Å². The predicted molar refractivity (Wildman–Crippen MR) is 125 cm³/mol. The Hall–Kier alpha value is -3.12. The van der Waals surface area contributed by atoms with Crippen LogP contribution in [0, 0.1) is 6.92 Å². The summed E-state index contributed by atoms with van der Waals surface area (Å²) in [6.07, 6.45) is 0.974. The van der Waals surface area contributed by atoms with E-state index in [9.17, 15) is 13.2 Å². The van der Waals surface area contributed by atoms with Gasteiger partial charge in [0.05, 0.1) is 16.6 Å². The fourth-order valence-electron chi connectivity index (χ4n) is 3.24. The molecule has 0 fully saturated rings. The van der Waals surface area contributed by atoms with Crippen LogP contribution in [0.4, 0.5) is 5.69 Å². The van der Waals surface area contributed by atoms with E-state index in [1.54, 1.807) is 48.5 Å². The van der Waals surface area contributed by atoms with Gasteiger partial charge in [0, 0.05) is 12.6 Å². The third kappa shape index (κ3) is 5.14. The fourth-order valence-corrected chi connectivity index (χ4v) is 4.43. The maximum Gasteiger partial charge on any atom is 0.264 e. The van der Waals surface area contributed by atoms with E-state index in [4.69, 9.17) is 0 Å². The number of carbonyl (C=O) groups is 1. The fraction of sp³-hybridized carbons (Fsp3) is 0.240. The second kappa shape index (κ2) is 9.35. The highest BCUT2D eigenvalue weighted by Gasteiger charge is 2.21. The number of amides is 1. The van der Waals surface area contributed by atoms with Crippen molar-refractivity contribution in [2.24, 2.45) is 0 Å². The molecule has 0 bridgehead atoms. The molecule has 31 heavy (non-hydrogen) atoms. The van der Waals surface area contributed by atoms with E-state index in [1.165, 1.54) is 16.9 Å². The van der Waals surface area contributed by atoms with Gasteiger partial charge < -0.3 is 5.32 Å². The lowest BCUT2D eigenvalue weighted by Crippen LogP contribution is -2.28. The van der Waals surface area contributed by atoms with Crippen LogP contribution in [-0.4, -0.2) is 21.4 Å². The molecule has 162 valence electrons. The van der Waals surface area contributed by atoms with Gasteiger partial charge in [0.1, 0.15) is 0 Å². The Balaban J connectivity index is 1.71. The van der Waals surface area contributed by atoms with Crippen molar-refractivity contribution in [3.63, 3.8) is 0 Å². The first-order valence-corrected chi connectivity index (χ1v) is 11.7. The second-order valence-corrected chi connectivity index (χ2v) is 9.59. The third-order valence-corrected chi connectivity index (χ3v) is 7.21. The molecular weight excluding hydrogens is 408 g/mol. The summed E-state index contributed by atoms with van der Waals surface area (Å²) in [4.78, 5) is 12.9. The number of hydrogen-bond donors (Lipinski definition) is 1. The van der Waals surface area contributed by atoms with Crippen LogP contribution < -0.4 is 9.62 Å². The van der Waals surface area contributed by atoms with Gasteiger partial charge in [-0.1, -0.05) is 48.9 Å². The van der Waals surface area contributed by atoms with Crippen molar-refractivity contribution in [1.82, 2.24) is 5.32 Å². The number of carbonyl (C=O) groups excluding carboxylic acids is 1. The molecule has 0 aliphatic heterocycles. The molecule has 0 spiro atoms. The molecule has 5 nitrogen and oxygen atoms in total. The zero-order valence-electron chi connectivity index (χ0n) is 18.3. The van der Waals surface area contributed by atoms with Crippen molar-refractivity contribution in [3.05, 3.63) is 95.1 Å². The second-order valence-electron chi connectivity index (χ2n) is 7.62. The van der Waals surface area contributed by atoms with E-state index < -0.39 is 10.0 Å². The minimum Gasteiger partial charge on any atom is -0.346 e. The molecule has 0 radical (unpaired) electrons. The Bertz CT molecular complexity index is 1140. The van der Waals surface area contributed by atoms with E-state index in [2.05, 4.69) is 24.4 Å². The van der Waals surface area contributed by atoms with E-state index in [0.717, 1.165) is 17.5 Å². The monoisotopic (exact) mass is 436 g/mol. The van der Waals surface area contributed by atoms with Crippen molar-refractivity contribution in [2.45, 2.75) is 38.1 Å². The SMILES string of the molecule is CCc1ccc([C@H](C)NC(=O)c2ccc(N(C)S(=O)(=O)c3ccc(C)cc3)cc2)cc1. The first-order chi connectivity index (χ1) is 14.7. The summed E-state index contributed by atoms with van der Waals surface area (Å²) in [6, 6.07) is 21.3. The van der Waals surface area contributed by atoms with Gasteiger partial charge in [0.15, 0.2) is 0 Å². The molecule has 0 aromatic heterocycles. The standard InChI is InChI=1S/C25H28N2O3S/c1-5-20-8-10-21(11-9-20)19(3)26-25(28)22-12-14-23(15-13-22)27(4)31(29,30)24-16-6-18(2)7-17-24/h6-17,19H,5H2,1-4H3,(H,26,28)/t19-/m0/s1. The highest BCUT2D eigenvalue weighted by atomic mass is 32.2. The van der Waals surface area contributed by atoms with E-state index in [1.807, 2.05) is 26.0 Å². The van der Waals surface area contributed by atoms with Gasteiger partial charge in [-0.2, -0.15) is 0 Å². The number of hydrogen-bond acceptors (Lipinski definition) is 3. The van der Waals surface area contributed by atoms with Crippen LogP contribution in [-0.2, 0) is 16.4 Å². The molecule has 0 aliphatic rings. The maximum absolute atomic E-state index is 12.9. The van der Waals surface area contributed by atoms with Crippen LogP contribution in [0.3, 0.4) is 0 Å². The van der Waals surface area contributed by atoms with E-state index in [-0.39, 0.29) is 16.8 Å². The lowest BCUT2D eigenvalue weighted by molar-refractivity contribution is 0.0940. The maximum atomic E-state index is 12.9. The summed E-state index contributed by atoms with van der Waals surface area (Å²) in [5, 5.41) is 2.99. The summed E-state index contributed by atoms with van der Waals surface area (Å²) in [6.45, 7) is 5.95. The average Bonchev–Trinajstić information content (AvgIpc) is 2.79. The lowest BCUT2D eigenvalue weighted by atomic mass is 10.0. The number of nitrogens with one attached hydrogen (secondary N) is 1. The van der Waals surface area contributed by atoms with Crippen LogP contribution in [0.25, 0.3) is 0 Å². The topological polar surface area (TPSA) is 66.5 Å². The molecule has 0 heterocycles. The Kier molecular flexibility index (Phi) is 6.81. The number of aryl methyl sites for hydroxylation is 2. The minimum absolute atomic E-state index is 0.136. The van der Waals surface area contributed by atoms with Gasteiger partial charge >= 0.3 is 0 Å². The molecule has 1 N–H and O–H groups in total. The van der Waals surface area contributed by atoms with Crippen LogP contribution >= 0.6 is 0 Å². The molecule has 0 aliphatic carbocycles. The number of nitrogens with zero attached hydrogens (tertiary/aromatic N) is 1. The van der Waals surface area contributed by atoms with Gasteiger partial charge in [0.2, 0.25) is 0 Å². The largest absolute Gasteiger partial charge is 0.346 e. The van der Waals surface area contributed by atoms with Crippen LogP contribution in [0.2, 0.25) is 0 Å². The molecule has 3 aromatic rings. The van der Waals surface area contributed by atoms with Gasteiger partial charge in [-0.05, 0) is 67.8 Å². The van der Waals surface area contributed by atoms with Crippen molar-refractivity contribution in [1.29, 1.82) is 0 Å². The normalized spacial score (nSPS) is 12.3. The zero-order chi connectivity index (χ0) is 22.6. The minimum atomic E-state index is -3.67. The summed E-state index contributed by atoms with van der Waals surface area (Å²) < 4.78 is 26.9. The summed E-state index contributed by atoms with van der Waals surface area (Å²) >= 11 is 0. The van der Waals surface area contributed by atoms with Crippen LogP contribution in [0.5, 0.6) is 0 Å². The quantitative estimate of drug-likeness (QED) is 0.574. The number of benzene rings is 3. The molecule has 0 saturated carbocycles.